The fourth-order valence-corrected chi connectivity index (χ4v) is 2.77. The number of nitrogens with zero attached hydrogens (tertiary/aromatic N) is 2. The summed E-state index contributed by atoms with van der Waals surface area (Å²) in [7, 11) is 0. The van der Waals surface area contributed by atoms with Crippen molar-refractivity contribution in [3.05, 3.63) is 70.5 Å². The van der Waals surface area contributed by atoms with Crippen LogP contribution < -0.4 is 5.32 Å². The first-order valence-corrected chi connectivity index (χ1v) is 8.57. The summed E-state index contributed by atoms with van der Waals surface area (Å²) < 4.78 is 2.38. The Bertz CT molecular complexity index is 897. The van der Waals surface area contributed by atoms with Crippen LogP contribution in [0.1, 0.15) is 17.5 Å². The van der Waals surface area contributed by atoms with Crippen molar-refractivity contribution in [2.45, 2.75) is 26.4 Å². The van der Waals surface area contributed by atoms with Crippen molar-refractivity contribution in [1.82, 2.24) is 20.1 Å². The van der Waals surface area contributed by atoms with E-state index in [2.05, 4.69) is 15.5 Å². The molecule has 0 bridgehead atoms. The lowest BCUT2D eigenvalue weighted by Gasteiger charge is -2.08. The van der Waals surface area contributed by atoms with E-state index in [4.69, 9.17) is 12.2 Å². The highest BCUT2D eigenvalue weighted by molar-refractivity contribution is 7.71. The van der Waals surface area contributed by atoms with Gasteiger partial charge in [-0.1, -0.05) is 60.2 Å². The minimum absolute atomic E-state index is 0.0122. The number of amides is 1. The molecule has 0 saturated carbocycles. The van der Waals surface area contributed by atoms with Crippen LogP contribution >= 0.6 is 12.2 Å². The van der Waals surface area contributed by atoms with E-state index in [9.17, 15) is 4.79 Å². The maximum Gasteiger partial charge on any atom is 0.222 e. The number of H-pyrrole nitrogens is 1. The number of rotatable bonds is 6. The van der Waals surface area contributed by atoms with Gasteiger partial charge in [0.15, 0.2) is 10.6 Å². The normalized spacial score (nSPS) is 10.6. The van der Waals surface area contributed by atoms with Crippen LogP contribution in [0.5, 0.6) is 0 Å². The highest BCUT2D eigenvalue weighted by Gasteiger charge is 2.10. The van der Waals surface area contributed by atoms with Crippen LogP contribution in [0.4, 0.5) is 0 Å². The number of hydrogen-bond donors (Lipinski definition) is 2. The van der Waals surface area contributed by atoms with Crippen molar-refractivity contribution < 1.29 is 4.79 Å². The van der Waals surface area contributed by atoms with Gasteiger partial charge in [-0.3, -0.25) is 14.5 Å². The molecule has 0 atom stereocenters. The molecule has 0 aliphatic heterocycles. The van der Waals surface area contributed by atoms with E-state index >= 15 is 0 Å². The first-order valence-electron chi connectivity index (χ1n) is 8.16. The van der Waals surface area contributed by atoms with E-state index in [1.807, 2.05) is 66.1 Å². The van der Waals surface area contributed by atoms with Crippen molar-refractivity contribution in [3.63, 3.8) is 0 Å². The molecule has 5 nitrogen and oxygen atoms in total. The molecule has 3 rings (SSSR count). The van der Waals surface area contributed by atoms with Crippen molar-refractivity contribution >= 4 is 18.1 Å². The standard InChI is InChI=1S/C19H20N4OS/c1-14-7-9-16(10-8-14)18-21-22-19(25)23(18)12-11-17(24)20-13-15-5-3-2-4-6-15/h2-10H,11-13H2,1H3,(H,20,24)(H,22,25). The Morgan fingerprint density at radius 3 is 2.60 bits per heavy atom. The molecule has 2 N–H and O–H groups in total. The first-order chi connectivity index (χ1) is 12.1. The maximum absolute atomic E-state index is 12.1. The van der Waals surface area contributed by atoms with Crippen LogP contribution in [0.2, 0.25) is 0 Å². The van der Waals surface area contributed by atoms with Crippen LogP contribution in [0, 0.1) is 11.7 Å². The quantitative estimate of drug-likeness (QED) is 0.666. The van der Waals surface area contributed by atoms with Gasteiger partial charge in [0.05, 0.1) is 0 Å². The van der Waals surface area contributed by atoms with E-state index in [-0.39, 0.29) is 5.91 Å². The molecular weight excluding hydrogens is 332 g/mol. The number of aromatic nitrogens is 3. The molecule has 128 valence electrons. The minimum atomic E-state index is -0.0122. The van der Waals surface area contributed by atoms with Gasteiger partial charge >= 0.3 is 0 Å². The van der Waals surface area contributed by atoms with Gasteiger partial charge in [-0.2, -0.15) is 5.10 Å². The molecule has 0 spiro atoms. The Balaban J connectivity index is 1.63. The molecule has 0 radical (unpaired) electrons. The summed E-state index contributed by atoms with van der Waals surface area (Å²) >= 11 is 5.31. The van der Waals surface area contributed by atoms with Crippen LogP contribution in [-0.2, 0) is 17.9 Å². The fraction of sp³-hybridized carbons (Fsp3) is 0.211. The smallest absolute Gasteiger partial charge is 0.222 e. The van der Waals surface area contributed by atoms with Crippen molar-refractivity contribution in [1.29, 1.82) is 0 Å². The second-order valence-corrected chi connectivity index (χ2v) is 6.27. The van der Waals surface area contributed by atoms with Crippen LogP contribution in [0.15, 0.2) is 54.6 Å². The van der Waals surface area contributed by atoms with Crippen LogP contribution in [0.3, 0.4) is 0 Å². The summed E-state index contributed by atoms with van der Waals surface area (Å²) in [5.74, 6) is 0.739. The lowest BCUT2D eigenvalue weighted by molar-refractivity contribution is -0.121. The summed E-state index contributed by atoms with van der Waals surface area (Å²) in [5.41, 5.74) is 3.24. The van der Waals surface area contributed by atoms with E-state index < -0.39 is 0 Å². The van der Waals surface area contributed by atoms with Gasteiger partial charge in [0.1, 0.15) is 0 Å². The molecule has 1 amide bonds. The average molecular weight is 352 g/mol. The number of carbonyl (C=O) groups excluding carboxylic acids is 1. The van der Waals surface area contributed by atoms with E-state index in [1.165, 1.54) is 5.56 Å². The zero-order valence-electron chi connectivity index (χ0n) is 14.0. The van der Waals surface area contributed by atoms with E-state index in [0.29, 0.717) is 24.3 Å². The Labute approximate surface area is 151 Å². The first kappa shape index (κ1) is 17.1. The fourth-order valence-electron chi connectivity index (χ4n) is 2.55. The van der Waals surface area contributed by atoms with Gasteiger partial charge in [0.25, 0.3) is 0 Å². The van der Waals surface area contributed by atoms with Gasteiger partial charge in [-0.25, -0.2) is 0 Å². The topological polar surface area (TPSA) is 62.7 Å². The third kappa shape index (κ3) is 4.42. The molecule has 3 aromatic rings. The van der Waals surface area contributed by atoms with Gasteiger partial charge < -0.3 is 5.32 Å². The van der Waals surface area contributed by atoms with Gasteiger partial charge in [0.2, 0.25) is 5.91 Å². The predicted molar refractivity (Wildman–Crippen MR) is 100 cm³/mol. The highest BCUT2D eigenvalue weighted by atomic mass is 32.1. The average Bonchev–Trinajstić information content (AvgIpc) is 3.00. The number of benzene rings is 2. The highest BCUT2D eigenvalue weighted by Crippen LogP contribution is 2.18. The third-order valence-electron chi connectivity index (χ3n) is 3.96. The molecule has 25 heavy (non-hydrogen) atoms. The molecule has 0 fully saturated rings. The van der Waals surface area contributed by atoms with Gasteiger partial charge in [-0.15, -0.1) is 0 Å². The van der Waals surface area contributed by atoms with Crippen molar-refractivity contribution in [2.75, 3.05) is 0 Å². The van der Waals surface area contributed by atoms with Gasteiger partial charge in [-0.05, 0) is 24.7 Å². The maximum atomic E-state index is 12.1. The SMILES string of the molecule is Cc1ccc(-c2n[nH]c(=S)n2CCC(=O)NCc2ccccc2)cc1. The van der Waals surface area contributed by atoms with Gasteiger partial charge in [0, 0.05) is 25.1 Å². The van der Waals surface area contributed by atoms with E-state index in [1.54, 1.807) is 0 Å². The second kappa shape index (κ2) is 7.90. The number of aryl methyl sites for hydroxylation is 1. The molecule has 6 heteroatoms. The number of hydrogen-bond acceptors (Lipinski definition) is 3. The van der Waals surface area contributed by atoms with Crippen LogP contribution in [0.25, 0.3) is 11.4 Å². The Morgan fingerprint density at radius 1 is 1.16 bits per heavy atom. The Hall–Kier alpha value is -2.73. The summed E-state index contributed by atoms with van der Waals surface area (Å²) in [6, 6.07) is 17.9. The summed E-state index contributed by atoms with van der Waals surface area (Å²) in [5, 5.41) is 10.0. The summed E-state index contributed by atoms with van der Waals surface area (Å²) in [4.78, 5) is 12.1. The lowest BCUT2D eigenvalue weighted by Crippen LogP contribution is -2.24. The zero-order chi connectivity index (χ0) is 17.6. The predicted octanol–water partition coefficient (Wildman–Crippen LogP) is 3.62. The molecule has 0 saturated heterocycles. The van der Waals surface area contributed by atoms with Crippen molar-refractivity contribution in [2.24, 2.45) is 0 Å². The summed E-state index contributed by atoms with van der Waals surface area (Å²) in [6.45, 7) is 3.05. The monoisotopic (exact) mass is 352 g/mol. The second-order valence-electron chi connectivity index (χ2n) is 5.88. The molecule has 0 unspecified atom stereocenters. The molecule has 0 aliphatic rings. The zero-order valence-corrected chi connectivity index (χ0v) is 14.8. The molecule has 0 aliphatic carbocycles. The lowest BCUT2D eigenvalue weighted by atomic mass is 10.1. The minimum Gasteiger partial charge on any atom is -0.352 e. The molecule has 2 aromatic carbocycles. The van der Waals surface area contributed by atoms with Crippen molar-refractivity contribution in [3.8, 4) is 11.4 Å². The molecule has 1 heterocycles. The largest absolute Gasteiger partial charge is 0.352 e. The van der Waals surface area contributed by atoms with E-state index in [0.717, 1.165) is 17.0 Å². The third-order valence-corrected chi connectivity index (χ3v) is 4.27. The summed E-state index contributed by atoms with van der Waals surface area (Å²) in [6.07, 6.45) is 0.347. The Kier molecular flexibility index (Phi) is 5.40. The number of carbonyl (C=O) groups is 1. The number of nitrogens with one attached hydrogen (secondary N) is 2. The molecular formula is C19H20N4OS. The Morgan fingerprint density at radius 2 is 1.88 bits per heavy atom. The molecule has 1 aromatic heterocycles. The number of aromatic amines is 1. The van der Waals surface area contributed by atoms with Crippen LogP contribution in [-0.4, -0.2) is 20.7 Å².